The van der Waals surface area contributed by atoms with Crippen LogP contribution in [0.15, 0.2) is 108 Å². The Morgan fingerprint density at radius 2 is 1.59 bits per heavy atom. The van der Waals surface area contributed by atoms with E-state index in [1.54, 1.807) is 29.5 Å². The fourth-order valence-corrected chi connectivity index (χ4v) is 7.39. The minimum absolute atomic E-state index is 0.0221. The van der Waals surface area contributed by atoms with Crippen LogP contribution in [-0.2, 0) is 16.4 Å². The van der Waals surface area contributed by atoms with Gasteiger partial charge in [-0.1, -0.05) is 66.2 Å². The van der Waals surface area contributed by atoms with Crippen molar-refractivity contribution in [3.05, 3.63) is 119 Å². The van der Waals surface area contributed by atoms with Crippen molar-refractivity contribution in [2.75, 3.05) is 44.1 Å². The number of hydrazine groups is 1. The van der Waals surface area contributed by atoms with Crippen molar-refractivity contribution in [3.8, 4) is 10.4 Å². The Kier molecular flexibility index (Phi) is 8.19. The third kappa shape index (κ3) is 6.37. The Morgan fingerprint density at radius 3 is 2.34 bits per heavy atom. The molecule has 1 aromatic heterocycles. The normalized spacial score (nSPS) is 18.3. The lowest BCUT2D eigenvalue weighted by atomic mass is 10.2. The van der Waals surface area contributed by atoms with Crippen molar-refractivity contribution in [1.29, 1.82) is 0 Å². The quantitative estimate of drug-likeness (QED) is 0.228. The van der Waals surface area contributed by atoms with Crippen molar-refractivity contribution in [3.63, 3.8) is 0 Å². The van der Waals surface area contributed by atoms with E-state index in [2.05, 4.69) is 80.6 Å². The van der Waals surface area contributed by atoms with Crippen LogP contribution in [0.3, 0.4) is 0 Å². The Labute approximate surface area is 251 Å². The number of anilines is 1. The maximum Gasteiger partial charge on any atom is 0.175 e. The maximum absolute atomic E-state index is 12.1. The van der Waals surface area contributed by atoms with Gasteiger partial charge >= 0.3 is 0 Å². The molecular weight excluding hydrogens is 572 g/mol. The van der Waals surface area contributed by atoms with Crippen LogP contribution in [0.25, 0.3) is 10.4 Å². The average molecular weight is 605 g/mol. The van der Waals surface area contributed by atoms with Crippen molar-refractivity contribution in [2.24, 2.45) is 0 Å². The van der Waals surface area contributed by atoms with Gasteiger partial charge in [0.1, 0.15) is 6.04 Å². The zero-order chi connectivity index (χ0) is 28.4. The van der Waals surface area contributed by atoms with E-state index >= 15 is 0 Å². The molecule has 4 aromatic rings. The lowest BCUT2D eigenvalue weighted by Gasteiger charge is -2.41. The Bertz CT molecular complexity index is 1630. The van der Waals surface area contributed by atoms with E-state index in [0.717, 1.165) is 60.4 Å². The lowest BCUT2D eigenvalue weighted by Crippen LogP contribution is -2.51. The second kappa shape index (κ2) is 12.0. The standard InChI is InChI=1S/C32H33ClN4O2S2/c1-41(38,39)27-11-7-10-26(22-27)31-14-15-32(40-31)30-16-17-36(37(30)29-13-6-5-12-28(29)33)24-35-20-18-34(19-21-35)23-25-8-3-2-4-9-25/h2-17,22,30H,18-21,23-24H2,1H3. The smallest absolute Gasteiger partial charge is 0.175 e. The third-order valence-electron chi connectivity index (χ3n) is 7.60. The number of hydrogen-bond donors (Lipinski definition) is 0. The SMILES string of the molecule is CS(=O)(=O)c1cccc(-c2ccc(C3C=CN(CN4CCN(Cc5ccccc5)CC4)N3c3ccccc3Cl)s2)c1. The summed E-state index contributed by atoms with van der Waals surface area (Å²) in [7, 11) is -3.28. The van der Waals surface area contributed by atoms with E-state index < -0.39 is 9.84 Å². The molecule has 0 N–H and O–H groups in total. The number of para-hydroxylation sites is 1. The van der Waals surface area contributed by atoms with Crippen LogP contribution in [0.4, 0.5) is 5.69 Å². The molecule has 0 radical (unpaired) electrons. The van der Waals surface area contributed by atoms with Gasteiger partial charge in [0.2, 0.25) is 0 Å². The molecule has 0 aliphatic carbocycles. The van der Waals surface area contributed by atoms with Gasteiger partial charge in [-0.15, -0.1) is 11.3 Å². The Balaban J connectivity index is 1.20. The van der Waals surface area contributed by atoms with E-state index in [0.29, 0.717) is 9.92 Å². The molecule has 2 aliphatic rings. The van der Waals surface area contributed by atoms with Gasteiger partial charge in [0.25, 0.3) is 0 Å². The van der Waals surface area contributed by atoms with Crippen LogP contribution in [0, 0.1) is 0 Å². The maximum atomic E-state index is 12.1. The van der Waals surface area contributed by atoms with E-state index in [4.69, 9.17) is 11.6 Å². The molecular formula is C32H33ClN4O2S2. The second-order valence-corrected chi connectivity index (χ2v) is 14.1. The molecule has 9 heteroatoms. The van der Waals surface area contributed by atoms with Gasteiger partial charge in [-0.3, -0.25) is 19.8 Å². The summed E-state index contributed by atoms with van der Waals surface area (Å²) in [6.07, 6.45) is 5.63. The third-order valence-corrected chi connectivity index (χ3v) is 10.2. The molecule has 6 rings (SSSR count). The van der Waals surface area contributed by atoms with Crippen LogP contribution in [0.5, 0.6) is 0 Å². The molecule has 41 heavy (non-hydrogen) atoms. The first-order chi connectivity index (χ1) is 19.8. The van der Waals surface area contributed by atoms with Crippen LogP contribution in [0.1, 0.15) is 16.5 Å². The number of thiophene rings is 1. The summed E-state index contributed by atoms with van der Waals surface area (Å²) < 4.78 is 24.3. The summed E-state index contributed by atoms with van der Waals surface area (Å²) in [6.45, 7) is 5.81. The van der Waals surface area contributed by atoms with E-state index in [9.17, 15) is 8.42 Å². The van der Waals surface area contributed by atoms with Gasteiger partial charge < -0.3 is 0 Å². The first kappa shape index (κ1) is 28.0. The highest BCUT2D eigenvalue weighted by Crippen LogP contribution is 2.42. The number of nitrogens with zero attached hydrogens (tertiary/aromatic N) is 4. The molecule has 0 saturated carbocycles. The zero-order valence-electron chi connectivity index (χ0n) is 22.9. The monoisotopic (exact) mass is 604 g/mol. The number of rotatable bonds is 8. The van der Waals surface area contributed by atoms with Crippen molar-refractivity contribution >= 4 is 38.5 Å². The highest BCUT2D eigenvalue weighted by molar-refractivity contribution is 7.90. The molecule has 0 bridgehead atoms. The summed E-state index contributed by atoms with van der Waals surface area (Å²) in [5.74, 6) is 0. The van der Waals surface area contributed by atoms with Crippen LogP contribution < -0.4 is 5.01 Å². The summed E-state index contributed by atoms with van der Waals surface area (Å²) in [5.41, 5.74) is 3.22. The lowest BCUT2D eigenvalue weighted by molar-refractivity contribution is 0.0859. The molecule has 0 amide bonds. The van der Waals surface area contributed by atoms with Gasteiger partial charge in [-0.2, -0.15) is 0 Å². The highest BCUT2D eigenvalue weighted by atomic mass is 35.5. The molecule has 6 nitrogen and oxygen atoms in total. The summed E-state index contributed by atoms with van der Waals surface area (Å²) in [5, 5.41) is 5.25. The molecule has 3 heterocycles. The van der Waals surface area contributed by atoms with E-state index in [1.807, 2.05) is 24.3 Å². The fraction of sp³-hybridized carbons (Fsp3) is 0.250. The minimum Gasteiger partial charge on any atom is -0.297 e. The predicted octanol–water partition coefficient (Wildman–Crippen LogP) is 6.54. The van der Waals surface area contributed by atoms with Crippen LogP contribution >= 0.6 is 22.9 Å². The second-order valence-electron chi connectivity index (χ2n) is 10.5. The summed E-state index contributed by atoms with van der Waals surface area (Å²) in [4.78, 5) is 7.54. The molecule has 1 saturated heterocycles. The number of piperazine rings is 1. The number of halogens is 1. The summed E-state index contributed by atoms with van der Waals surface area (Å²) >= 11 is 8.43. The van der Waals surface area contributed by atoms with E-state index in [-0.39, 0.29) is 6.04 Å². The molecule has 1 fully saturated rings. The van der Waals surface area contributed by atoms with Gasteiger partial charge in [-0.25, -0.2) is 8.42 Å². The molecule has 0 spiro atoms. The summed E-state index contributed by atoms with van der Waals surface area (Å²) in [6, 6.07) is 30.0. The first-order valence-corrected chi connectivity index (χ1v) is 16.8. The average Bonchev–Trinajstić information content (AvgIpc) is 3.62. The molecule has 1 atom stereocenters. The van der Waals surface area contributed by atoms with Crippen molar-refractivity contribution < 1.29 is 8.42 Å². The predicted molar refractivity (Wildman–Crippen MR) is 169 cm³/mol. The van der Waals surface area contributed by atoms with Gasteiger partial charge in [-0.05, 0) is 53.6 Å². The Hall–Kier alpha value is -3.14. The molecule has 1 unspecified atom stereocenters. The number of benzene rings is 3. The molecule has 3 aromatic carbocycles. The number of hydrogen-bond acceptors (Lipinski definition) is 7. The van der Waals surface area contributed by atoms with Crippen molar-refractivity contribution in [1.82, 2.24) is 14.8 Å². The first-order valence-electron chi connectivity index (χ1n) is 13.7. The largest absolute Gasteiger partial charge is 0.297 e. The highest BCUT2D eigenvalue weighted by Gasteiger charge is 2.32. The van der Waals surface area contributed by atoms with Gasteiger partial charge in [0.05, 0.1) is 22.3 Å². The number of sulfone groups is 1. The van der Waals surface area contributed by atoms with Crippen LogP contribution in [0.2, 0.25) is 5.02 Å². The van der Waals surface area contributed by atoms with E-state index in [1.165, 1.54) is 11.8 Å². The Morgan fingerprint density at radius 1 is 0.854 bits per heavy atom. The zero-order valence-corrected chi connectivity index (χ0v) is 25.3. The van der Waals surface area contributed by atoms with Gasteiger partial charge in [0.15, 0.2) is 9.84 Å². The van der Waals surface area contributed by atoms with Crippen molar-refractivity contribution in [2.45, 2.75) is 17.5 Å². The molecule has 212 valence electrons. The van der Waals surface area contributed by atoms with Crippen LogP contribution in [-0.4, -0.2) is 62.3 Å². The minimum atomic E-state index is -3.28. The fourth-order valence-electron chi connectivity index (χ4n) is 5.43. The molecule has 2 aliphatic heterocycles. The van der Waals surface area contributed by atoms with Gasteiger partial charge in [0, 0.05) is 54.9 Å². The topological polar surface area (TPSA) is 47.1 Å².